The summed E-state index contributed by atoms with van der Waals surface area (Å²) in [6, 6.07) is 0. The first-order valence-corrected chi connectivity index (χ1v) is 8.83. The highest BCUT2D eigenvalue weighted by Crippen LogP contribution is 2.31. The summed E-state index contributed by atoms with van der Waals surface area (Å²) < 4.78 is 6.07. The van der Waals surface area contributed by atoms with Crippen LogP contribution in [0.4, 0.5) is 0 Å². The number of hydrogen-bond acceptors (Lipinski definition) is 4. The van der Waals surface area contributed by atoms with E-state index in [0.717, 1.165) is 45.8 Å². The molecule has 1 aliphatic carbocycles. The number of aliphatic hydroxyl groups excluding tert-OH is 1. The van der Waals surface area contributed by atoms with Crippen LogP contribution in [0.1, 0.15) is 33.1 Å². The van der Waals surface area contributed by atoms with Gasteiger partial charge in [-0.15, -0.1) is 0 Å². The van der Waals surface area contributed by atoms with E-state index in [1.807, 2.05) is 4.90 Å². The van der Waals surface area contributed by atoms with Crippen molar-refractivity contribution in [1.82, 2.24) is 9.80 Å². The first kappa shape index (κ1) is 16.2. The van der Waals surface area contributed by atoms with Gasteiger partial charge in [-0.2, -0.15) is 0 Å². The second-order valence-corrected chi connectivity index (χ2v) is 7.72. The third-order valence-electron chi connectivity index (χ3n) is 5.33. The van der Waals surface area contributed by atoms with Gasteiger partial charge in [0.2, 0.25) is 5.91 Å². The zero-order valence-electron chi connectivity index (χ0n) is 13.9. The lowest BCUT2D eigenvalue weighted by molar-refractivity contribution is -0.147. The Morgan fingerprint density at radius 3 is 2.73 bits per heavy atom. The SMILES string of the molecule is CC(C)CN1CCO[C@@H]2CN(C(=O)C3CC(O)C3)CC[C@@H]2C1. The number of nitrogens with zero attached hydrogens (tertiary/aromatic N) is 2. The number of rotatable bonds is 3. The molecule has 5 nitrogen and oxygen atoms in total. The van der Waals surface area contributed by atoms with Crippen molar-refractivity contribution >= 4 is 5.91 Å². The maximum Gasteiger partial charge on any atom is 0.225 e. The summed E-state index contributed by atoms with van der Waals surface area (Å²) in [5.74, 6) is 1.52. The summed E-state index contributed by atoms with van der Waals surface area (Å²) in [7, 11) is 0. The van der Waals surface area contributed by atoms with E-state index in [2.05, 4.69) is 18.7 Å². The van der Waals surface area contributed by atoms with Crippen LogP contribution in [0.2, 0.25) is 0 Å². The van der Waals surface area contributed by atoms with Crippen LogP contribution in [0, 0.1) is 17.8 Å². The Hall–Kier alpha value is -0.650. The second kappa shape index (κ2) is 6.85. The number of carbonyl (C=O) groups is 1. The number of piperidine rings is 1. The van der Waals surface area contributed by atoms with Crippen LogP contribution in [0.5, 0.6) is 0 Å². The molecule has 0 aromatic heterocycles. The van der Waals surface area contributed by atoms with Crippen molar-refractivity contribution in [2.45, 2.75) is 45.3 Å². The zero-order chi connectivity index (χ0) is 15.7. The Balaban J connectivity index is 1.54. The lowest BCUT2D eigenvalue weighted by atomic mass is 9.80. The Labute approximate surface area is 133 Å². The van der Waals surface area contributed by atoms with E-state index < -0.39 is 0 Å². The first-order valence-electron chi connectivity index (χ1n) is 8.83. The molecule has 3 fully saturated rings. The van der Waals surface area contributed by atoms with Crippen molar-refractivity contribution < 1.29 is 14.6 Å². The van der Waals surface area contributed by atoms with Gasteiger partial charge >= 0.3 is 0 Å². The Kier molecular flexibility index (Phi) is 5.05. The average molecular weight is 310 g/mol. The molecule has 0 aromatic carbocycles. The number of ether oxygens (including phenoxy) is 1. The quantitative estimate of drug-likeness (QED) is 0.844. The van der Waals surface area contributed by atoms with Crippen molar-refractivity contribution in [2.24, 2.45) is 17.8 Å². The van der Waals surface area contributed by atoms with Gasteiger partial charge < -0.3 is 19.6 Å². The van der Waals surface area contributed by atoms with Crippen LogP contribution in [0.25, 0.3) is 0 Å². The molecular weight excluding hydrogens is 280 g/mol. The topological polar surface area (TPSA) is 53.0 Å². The molecular formula is C17H30N2O3. The van der Waals surface area contributed by atoms with E-state index >= 15 is 0 Å². The molecule has 1 amide bonds. The van der Waals surface area contributed by atoms with Crippen LogP contribution in [-0.2, 0) is 9.53 Å². The molecule has 0 bridgehead atoms. The number of hydrogen-bond donors (Lipinski definition) is 1. The predicted molar refractivity (Wildman–Crippen MR) is 84.4 cm³/mol. The largest absolute Gasteiger partial charge is 0.393 e. The lowest BCUT2D eigenvalue weighted by Crippen LogP contribution is -2.52. The van der Waals surface area contributed by atoms with Crippen molar-refractivity contribution in [3.05, 3.63) is 0 Å². The fraction of sp³-hybridized carbons (Fsp3) is 0.941. The van der Waals surface area contributed by atoms with Gasteiger partial charge in [-0.1, -0.05) is 13.8 Å². The zero-order valence-corrected chi connectivity index (χ0v) is 13.9. The normalized spacial score (nSPS) is 36.6. The van der Waals surface area contributed by atoms with E-state index in [4.69, 9.17) is 4.74 Å². The fourth-order valence-corrected chi connectivity index (χ4v) is 4.05. The van der Waals surface area contributed by atoms with Gasteiger partial charge in [-0.3, -0.25) is 4.79 Å². The molecule has 1 saturated carbocycles. The molecule has 3 aliphatic rings. The van der Waals surface area contributed by atoms with Gasteiger partial charge in [0, 0.05) is 44.6 Å². The number of aliphatic hydroxyl groups is 1. The van der Waals surface area contributed by atoms with Crippen LogP contribution in [-0.4, -0.2) is 72.4 Å². The molecule has 2 aliphatic heterocycles. The van der Waals surface area contributed by atoms with Crippen molar-refractivity contribution in [1.29, 1.82) is 0 Å². The number of fused-ring (bicyclic) bond motifs is 1. The molecule has 3 rings (SSSR count). The van der Waals surface area contributed by atoms with Crippen molar-refractivity contribution in [2.75, 3.05) is 39.3 Å². The standard InChI is InChI=1S/C17H30N2O3/c1-12(2)9-18-5-6-22-16-11-19(4-3-13(16)10-18)17(21)14-7-15(20)8-14/h12-16,20H,3-11H2,1-2H3/t13-,14?,15?,16-/m1/s1. The van der Waals surface area contributed by atoms with E-state index in [-0.39, 0.29) is 24.0 Å². The summed E-state index contributed by atoms with van der Waals surface area (Å²) in [6.45, 7) is 10.1. The lowest BCUT2D eigenvalue weighted by Gasteiger charge is -2.41. The summed E-state index contributed by atoms with van der Waals surface area (Å²) >= 11 is 0. The Morgan fingerprint density at radius 1 is 1.27 bits per heavy atom. The summed E-state index contributed by atoms with van der Waals surface area (Å²) in [6.07, 6.45) is 2.27. The van der Waals surface area contributed by atoms with Gasteiger partial charge in [0.1, 0.15) is 0 Å². The molecule has 22 heavy (non-hydrogen) atoms. The monoisotopic (exact) mass is 310 g/mol. The third-order valence-corrected chi connectivity index (χ3v) is 5.33. The van der Waals surface area contributed by atoms with E-state index in [9.17, 15) is 9.90 Å². The number of likely N-dealkylation sites (tertiary alicyclic amines) is 1. The van der Waals surface area contributed by atoms with Gasteiger partial charge in [0.05, 0.1) is 18.8 Å². The summed E-state index contributed by atoms with van der Waals surface area (Å²) in [5.41, 5.74) is 0. The predicted octanol–water partition coefficient (Wildman–Crippen LogP) is 0.963. The fourth-order valence-electron chi connectivity index (χ4n) is 4.05. The molecule has 0 unspecified atom stereocenters. The smallest absolute Gasteiger partial charge is 0.225 e. The van der Waals surface area contributed by atoms with E-state index in [0.29, 0.717) is 24.7 Å². The van der Waals surface area contributed by atoms with Crippen molar-refractivity contribution in [3.8, 4) is 0 Å². The number of carbonyl (C=O) groups excluding carboxylic acids is 1. The average Bonchev–Trinajstić information content (AvgIpc) is 2.63. The first-order chi connectivity index (χ1) is 10.5. The maximum absolute atomic E-state index is 12.4. The maximum atomic E-state index is 12.4. The molecule has 2 saturated heterocycles. The van der Waals surface area contributed by atoms with Gasteiger partial charge in [-0.25, -0.2) is 0 Å². The van der Waals surface area contributed by atoms with E-state index in [1.54, 1.807) is 0 Å². The van der Waals surface area contributed by atoms with E-state index in [1.165, 1.54) is 0 Å². The minimum absolute atomic E-state index is 0.0507. The third kappa shape index (κ3) is 3.63. The molecule has 126 valence electrons. The molecule has 2 atom stereocenters. The second-order valence-electron chi connectivity index (χ2n) is 7.72. The summed E-state index contributed by atoms with van der Waals surface area (Å²) in [5, 5.41) is 9.39. The van der Waals surface area contributed by atoms with Crippen LogP contribution in [0.3, 0.4) is 0 Å². The molecule has 2 heterocycles. The Morgan fingerprint density at radius 2 is 2.05 bits per heavy atom. The highest BCUT2D eigenvalue weighted by atomic mass is 16.5. The highest BCUT2D eigenvalue weighted by molar-refractivity contribution is 5.80. The Bertz CT molecular complexity index is 395. The summed E-state index contributed by atoms with van der Waals surface area (Å²) in [4.78, 5) is 16.9. The van der Waals surface area contributed by atoms with Crippen LogP contribution >= 0.6 is 0 Å². The molecule has 0 radical (unpaired) electrons. The molecule has 5 heteroatoms. The van der Waals surface area contributed by atoms with Gasteiger partial charge in [-0.05, 0) is 25.2 Å². The molecule has 1 N–H and O–H groups in total. The van der Waals surface area contributed by atoms with Gasteiger partial charge in [0.25, 0.3) is 0 Å². The van der Waals surface area contributed by atoms with Gasteiger partial charge in [0.15, 0.2) is 0 Å². The highest BCUT2D eigenvalue weighted by Gasteiger charge is 2.40. The minimum atomic E-state index is -0.259. The van der Waals surface area contributed by atoms with Crippen LogP contribution < -0.4 is 0 Å². The molecule has 0 aromatic rings. The van der Waals surface area contributed by atoms with Crippen LogP contribution in [0.15, 0.2) is 0 Å². The minimum Gasteiger partial charge on any atom is -0.393 e. The van der Waals surface area contributed by atoms with Crippen molar-refractivity contribution in [3.63, 3.8) is 0 Å². The number of amides is 1. The molecule has 0 spiro atoms.